The third kappa shape index (κ3) is 3.81. The summed E-state index contributed by atoms with van der Waals surface area (Å²) in [5.41, 5.74) is 3.80. The molecule has 2 rings (SSSR count). The van der Waals surface area contributed by atoms with Crippen LogP contribution < -0.4 is 9.47 Å². The molecule has 1 aliphatic rings. The quantitative estimate of drug-likeness (QED) is 0.761. The van der Waals surface area contributed by atoms with Crippen molar-refractivity contribution in [3.8, 4) is 11.5 Å². The number of allylic oxidation sites excluding steroid dienone is 1. The molecule has 0 amide bonds. The first kappa shape index (κ1) is 15.5. The Hall–Kier alpha value is -1.90. The molecule has 0 radical (unpaired) electrons. The van der Waals surface area contributed by atoms with Gasteiger partial charge in [0, 0.05) is 25.2 Å². The molecule has 114 valence electrons. The molecule has 1 heterocycles. The van der Waals surface area contributed by atoms with E-state index >= 15 is 0 Å². The number of hydrogen-bond acceptors (Lipinski definition) is 3. The van der Waals surface area contributed by atoms with Gasteiger partial charge in [0.1, 0.15) is 0 Å². The van der Waals surface area contributed by atoms with Crippen LogP contribution in [0.4, 0.5) is 0 Å². The lowest BCUT2D eigenvalue weighted by atomic mass is 10.00. The maximum absolute atomic E-state index is 5.38. The molecule has 21 heavy (non-hydrogen) atoms. The number of likely N-dealkylation sites (tertiary alicyclic amines) is 1. The van der Waals surface area contributed by atoms with Gasteiger partial charge in [-0.2, -0.15) is 0 Å². The molecular formula is C18H25NO2. The lowest BCUT2D eigenvalue weighted by molar-refractivity contribution is 0.322. The standard InChI is InChI=1S/C18H25NO2/c1-5-9-19-10-8-14(2)11-16(19)12-15-6-7-17(20-3)18(13-15)21-4/h6-7,12-13H,2,5,8-11H2,1,3-4H3/b16-12+. The lowest BCUT2D eigenvalue weighted by Crippen LogP contribution is -2.29. The summed E-state index contributed by atoms with van der Waals surface area (Å²) in [7, 11) is 3.32. The maximum atomic E-state index is 5.38. The van der Waals surface area contributed by atoms with Crippen LogP contribution in [0, 0.1) is 0 Å². The summed E-state index contributed by atoms with van der Waals surface area (Å²) in [6, 6.07) is 6.04. The van der Waals surface area contributed by atoms with E-state index in [0.29, 0.717) is 0 Å². The number of piperidine rings is 1. The molecule has 0 spiro atoms. The van der Waals surface area contributed by atoms with Crippen molar-refractivity contribution < 1.29 is 9.47 Å². The summed E-state index contributed by atoms with van der Waals surface area (Å²) in [4.78, 5) is 2.46. The molecule has 3 heteroatoms. The Morgan fingerprint density at radius 1 is 1.24 bits per heavy atom. The van der Waals surface area contributed by atoms with Crippen molar-refractivity contribution in [2.75, 3.05) is 27.3 Å². The summed E-state index contributed by atoms with van der Waals surface area (Å²) < 4.78 is 10.7. The largest absolute Gasteiger partial charge is 0.493 e. The molecule has 0 saturated carbocycles. The minimum Gasteiger partial charge on any atom is -0.493 e. The second kappa shape index (κ2) is 7.21. The van der Waals surface area contributed by atoms with Crippen molar-refractivity contribution in [2.24, 2.45) is 0 Å². The van der Waals surface area contributed by atoms with Crippen molar-refractivity contribution in [1.29, 1.82) is 0 Å². The van der Waals surface area contributed by atoms with Crippen LogP contribution in [0.3, 0.4) is 0 Å². The summed E-state index contributed by atoms with van der Waals surface area (Å²) in [6.45, 7) is 8.55. The van der Waals surface area contributed by atoms with Crippen LogP contribution >= 0.6 is 0 Å². The van der Waals surface area contributed by atoms with Gasteiger partial charge in [-0.15, -0.1) is 0 Å². The van der Waals surface area contributed by atoms with E-state index < -0.39 is 0 Å². The topological polar surface area (TPSA) is 21.7 Å². The van der Waals surface area contributed by atoms with Crippen molar-refractivity contribution in [3.05, 3.63) is 41.6 Å². The van der Waals surface area contributed by atoms with Crippen LogP contribution in [0.5, 0.6) is 11.5 Å². The lowest BCUT2D eigenvalue weighted by Gasteiger charge is -2.32. The van der Waals surface area contributed by atoms with Gasteiger partial charge in [0.2, 0.25) is 0 Å². The van der Waals surface area contributed by atoms with Crippen molar-refractivity contribution in [3.63, 3.8) is 0 Å². The number of nitrogens with zero attached hydrogens (tertiary/aromatic N) is 1. The smallest absolute Gasteiger partial charge is 0.161 e. The predicted molar refractivity (Wildman–Crippen MR) is 87.8 cm³/mol. The molecule has 0 aliphatic carbocycles. The monoisotopic (exact) mass is 287 g/mol. The molecule has 0 N–H and O–H groups in total. The van der Waals surface area contributed by atoms with E-state index in [4.69, 9.17) is 9.47 Å². The third-order valence-corrected chi connectivity index (χ3v) is 3.81. The number of hydrogen-bond donors (Lipinski definition) is 0. The van der Waals surface area contributed by atoms with Crippen molar-refractivity contribution >= 4 is 6.08 Å². The molecule has 1 aromatic rings. The van der Waals surface area contributed by atoms with Crippen LogP contribution in [0.1, 0.15) is 31.7 Å². The van der Waals surface area contributed by atoms with Crippen LogP contribution in [0.2, 0.25) is 0 Å². The first-order chi connectivity index (χ1) is 10.2. The van der Waals surface area contributed by atoms with E-state index in [-0.39, 0.29) is 0 Å². The van der Waals surface area contributed by atoms with Gasteiger partial charge >= 0.3 is 0 Å². The summed E-state index contributed by atoms with van der Waals surface area (Å²) in [5, 5.41) is 0. The Morgan fingerprint density at radius 2 is 2.00 bits per heavy atom. The highest BCUT2D eigenvalue weighted by molar-refractivity contribution is 5.58. The van der Waals surface area contributed by atoms with E-state index in [2.05, 4.69) is 30.5 Å². The van der Waals surface area contributed by atoms with Gasteiger partial charge in [-0.1, -0.05) is 25.1 Å². The van der Waals surface area contributed by atoms with Gasteiger partial charge in [0.15, 0.2) is 11.5 Å². The predicted octanol–water partition coefficient (Wildman–Crippen LogP) is 4.11. The number of methoxy groups -OCH3 is 2. The third-order valence-electron chi connectivity index (χ3n) is 3.81. The van der Waals surface area contributed by atoms with Crippen LogP contribution in [-0.2, 0) is 0 Å². The highest BCUT2D eigenvalue weighted by Crippen LogP contribution is 2.31. The summed E-state index contributed by atoms with van der Waals surface area (Å²) >= 11 is 0. The van der Waals surface area contributed by atoms with E-state index in [1.807, 2.05) is 12.1 Å². The second-order valence-electron chi connectivity index (χ2n) is 5.41. The van der Waals surface area contributed by atoms with Gasteiger partial charge < -0.3 is 14.4 Å². The molecule has 1 fully saturated rings. The van der Waals surface area contributed by atoms with Gasteiger partial charge in [0.05, 0.1) is 14.2 Å². The zero-order chi connectivity index (χ0) is 15.2. The normalized spacial score (nSPS) is 17.2. The highest BCUT2D eigenvalue weighted by atomic mass is 16.5. The molecule has 0 bridgehead atoms. The van der Waals surface area contributed by atoms with Crippen LogP contribution in [0.25, 0.3) is 6.08 Å². The molecule has 1 aliphatic heterocycles. The molecule has 1 saturated heterocycles. The van der Waals surface area contributed by atoms with Gasteiger partial charge in [-0.05, 0) is 36.6 Å². The Kier molecular flexibility index (Phi) is 5.32. The number of rotatable bonds is 5. The van der Waals surface area contributed by atoms with E-state index in [1.165, 1.54) is 11.3 Å². The zero-order valence-electron chi connectivity index (χ0n) is 13.3. The fraction of sp³-hybridized carbons (Fsp3) is 0.444. The van der Waals surface area contributed by atoms with Crippen molar-refractivity contribution in [2.45, 2.75) is 26.2 Å². The molecular weight excluding hydrogens is 262 g/mol. The molecule has 1 aromatic carbocycles. The molecule has 0 atom stereocenters. The van der Waals surface area contributed by atoms with Gasteiger partial charge in [-0.25, -0.2) is 0 Å². The molecule has 0 unspecified atom stereocenters. The van der Waals surface area contributed by atoms with E-state index in [0.717, 1.165) is 49.4 Å². The number of ether oxygens (including phenoxy) is 2. The average molecular weight is 287 g/mol. The molecule has 3 nitrogen and oxygen atoms in total. The highest BCUT2D eigenvalue weighted by Gasteiger charge is 2.16. The summed E-state index contributed by atoms with van der Waals surface area (Å²) in [6.07, 6.45) is 5.47. The maximum Gasteiger partial charge on any atom is 0.161 e. The first-order valence-electron chi connectivity index (χ1n) is 7.52. The number of benzene rings is 1. The zero-order valence-corrected chi connectivity index (χ0v) is 13.3. The van der Waals surface area contributed by atoms with Gasteiger partial charge in [0.25, 0.3) is 0 Å². The Bertz CT molecular complexity index is 534. The van der Waals surface area contributed by atoms with E-state index in [1.54, 1.807) is 14.2 Å². The Morgan fingerprint density at radius 3 is 2.67 bits per heavy atom. The molecule has 0 aromatic heterocycles. The van der Waals surface area contributed by atoms with Crippen molar-refractivity contribution in [1.82, 2.24) is 4.90 Å². The Labute approximate surface area is 127 Å². The minimum absolute atomic E-state index is 0.762. The average Bonchev–Trinajstić information content (AvgIpc) is 2.50. The minimum atomic E-state index is 0.762. The summed E-state index contributed by atoms with van der Waals surface area (Å²) in [5.74, 6) is 1.53. The SMILES string of the molecule is C=C1CCN(CCC)/C(=C/c2ccc(OC)c(OC)c2)C1. The van der Waals surface area contributed by atoms with Crippen LogP contribution in [0.15, 0.2) is 36.0 Å². The second-order valence-corrected chi connectivity index (χ2v) is 5.41. The fourth-order valence-electron chi connectivity index (χ4n) is 2.70. The fourth-order valence-corrected chi connectivity index (χ4v) is 2.70. The van der Waals surface area contributed by atoms with E-state index in [9.17, 15) is 0 Å². The first-order valence-corrected chi connectivity index (χ1v) is 7.52. The Balaban J connectivity index is 2.28. The van der Waals surface area contributed by atoms with Gasteiger partial charge in [-0.3, -0.25) is 0 Å². The van der Waals surface area contributed by atoms with Crippen LogP contribution in [-0.4, -0.2) is 32.2 Å².